The largest absolute Gasteiger partial charge is 0.512 e. The molecule has 1 aliphatic carbocycles. The van der Waals surface area contributed by atoms with E-state index < -0.39 is 11.7 Å². The molecule has 0 fully saturated rings. The van der Waals surface area contributed by atoms with Gasteiger partial charge < -0.3 is 9.84 Å². The first kappa shape index (κ1) is 26.8. The van der Waals surface area contributed by atoms with Crippen LogP contribution in [0.15, 0.2) is 77.6 Å². The lowest BCUT2D eigenvalue weighted by molar-refractivity contribution is -0.137. The Morgan fingerprint density at radius 2 is 1.86 bits per heavy atom. The molecule has 0 radical (unpaired) electrons. The molecule has 1 unspecified atom stereocenters. The number of halogens is 3. The Labute approximate surface area is 218 Å². The van der Waals surface area contributed by atoms with Crippen molar-refractivity contribution >= 4 is 23.1 Å². The maximum absolute atomic E-state index is 13.1. The van der Waals surface area contributed by atoms with Crippen molar-refractivity contribution in [3.63, 3.8) is 0 Å². The third kappa shape index (κ3) is 6.95. The third-order valence-electron chi connectivity index (χ3n) is 6.34. The first-order valence-electron chi connectivity index (χ1n) is 12.2. The van der Waals surface area contributed by atoms with Crippen LogP contribution in [0.25, 0.3) is 5.57 Å². The van der Waals surface area contributed by atoms with Crippen molar-refractivity contribution in [2.75, 3.05) is 5.75 Å². The second kappa shape index (κ2) is 11.9. The Morgan fingerprint density at radius 3 is 2.51 bits per heavy atom. The van der Waals surface area contributed by atoms with Gasteiger partial charge in [0.2, 0.25) is 0 Å². The number of pyridine rings is 1. The summed E-state index contributed by atoms with van der Waals surface area (Å²) in [5.41, 5.74) is 2.33. The molecule has 3 aromatic rings. The zero-order chi connectivity index (χ0) is 26.4. The van der Waals surface area contributed by atoms with Gasteiger partial charge in [-0.2, -0.15) is 13.2 Å². The first-order chi connectivity index (χ1) is 17.7. The molecular formula is C29H28F3NO3S. The fraction of sp³-hybridized carbons (Fsp3) is 0.310. The van der Waals surface area contributed by atoms with Crippen LogP contribution in [0.3, 0.4) is 0 Å². The molecule has 2 aromatic carbocycles. The summed E-state index contributed by atoms with van der Waals surface area (Å²) >= 11 is 1.34. The van der Waals surface area contributed by atoms with Crippen LogP contribution >= 0.6 is 11.8 Å². The van der Waals surface area contributed by atoms with Crippen LogP contribution in [-0.2, 0) is 24.0 Å². The highest BCUT2D eigenvalue weighted by molar-refractivity contribution is 7.99. The van der Waals surface area contributed by atoms with E-state index in [0.717, 1.165) is 29.0 Å². The van der Waals surface area contributed by atoms with Crippen molar-refractivity contribution in [1.29, 1.82) is 0 Å². The van der Waals surface area contributed by atoms with Crippen molar-refractivity contribution in [1.82, 2.24) is 4.98 Å². The lowest BCUT2D eigenvalue weighted by Crippen LogP contribution is -2.20. The standard InChI is InChI=1S/C29H28F3NO3S/c1-2-21-16-23(36-18-19-6-4-3-5-7-19)9-10-24(21)28-25(34)14-20(15-26(28)35)12-13-37-27-11-8-22(17-33-27)29(30,31)32/h3-11,16-17,20,34H,2,12-15,18H2,1H3. The Balaban J connectivity index is 1.37. The number of carbonyl (C=O) groups is 1. The molecule has 1 aliphatic rings. The number of allylic oxidation sites excluding steroid dienone is 2. The van der Waals surface area contributed by atoms with Gasteiger partial charge in [0.1, 0.15) is 18.1 Å². The number of aromatic nitrogens is 1. The molecule has 1 aromatic heterocycles. The van der Waals surface area contributed by atoms with Gasteiger partial charge in [-0.25, -0.2) is 4.98 Å². The number of ketones is 1. The van der Waals surface area contributed by atoms with Crippen molar-refractivity contribution in [3.05, 3.63) is 94.9 Å². The van der Waals surface area contributed by atoms with Gasteiger partial charge in [-0.1, -0.05) is 43.3 Å². The SMILES string of the molecule is CCc1cc(OCc2ccccc2)ccc1C1=C(O)CC(CCSc2ccc(C(F)(F)F)cn2)CC1=O. The highest BCUT2D eigenvalue weighted by Crippen LogP contribution is 2.37. The van der Waals surface area contributed by atoms with Gasteiger partial charge >= 0.3 is 6.18 Å². The highest BCUT2D eigenvalue weighted by Gasteiger charge is 2.31. The molecule has 4 rings (SSSR count). The Morgan fingerprint density at radius 1 is 1.08 bits per heavy atom. The summed E-state index contributed by atoms with van der Waals surface area (Å²) in [5, 5.41) is 11.3. The number of Topliss-reactive ketones (excluding diaryl/α,β-unsaturated/α-hetero) is 1. The van der Waals surface area contributed by atoms with E-state index in [2.05, 4.69) is 4.98 Å². The van der Waals surface area contributed by atoms with Crippen molar-refractivity contribution in [2.45, 2.75) is 50.4 Å². The summed E-state index contributed by atoms with van der Waals surface area (Å²) in [6, 6.07) is 17.8. The zero-order valence-electron chi connectivity index (χ0n) is 20.4. The number of aryl methyl sites for hydroxylation is 1. The number of carbonyl (C=O) groups excluding carboxylic acids is 1. The van der Waals surface area contributed by atoms with E-state index in [1.165, 1.54) is 17.8 Å². The van der Waals surface area contributed by atoms with Gasteiger partial charge in [0.25, 0.3) is 0 Å². The van der Waals surface area contributed by atoms with E-state index in [-0.39, 0.29) is 17.5 Å². The number of nitrogens with zero attached hydrogens (tertiary/aromatic N) is 1. The summed E-state index contributed by atoms with van der Waals surface area (Å²) in [4.78, 5) is 16.9. The normalized spacial score (nSPS) is 16.2. The number of thioether (sulfide) groups is 1. The minimum atomic E-state index is -4.41. The summed E-state index contributed by atoms with van der Waals surface area (Å²) in [6.45, 7) is 2.44. The van der Waals surface area contributed by atoms with Crippen molar-refractivity contribution < 1.29 is 27.8 Å². The van der Waals surface area contributed by atoms with E-state index in [1.54, 1.807) is 0 Å². The number of alkyl halides is 3. The molecule has 8 heteroatoms. The summed E-state index contributed by atoms with van der Waals surface area (Å²) in [7, 11) is 0. The number of rotatable bonds is 9. The molecule has 194 valence electrons. The number of benzene rings is 2. The van der Waals surface area contributed by atoms with Crippen LogP contribution in [0.5, 0.6) is 5.75 Å². The predicted molar refractivity (Wildman–Crippen MR) is 138 cm³/mol. The van der Waals surface area contributed by atoms with Gasteiger partial charge in [0, 0.05) is 19.0 Å². The second-order valence-corrected chi connectivity index (χ2v) is 10.1. The van der Waals surface area contributed by atoms with Gasteiger partial charge in [0.15, 0.2) is 5.78 Å². The average Bonchev–Trinajstić information content (AvgIpc) is 2.88. The number of hydrogen-bond donors (Lipinski definition) is 1. The monoisotopic (exact) mass is 527 g/mol. The van der Waals surface area contributed by atoms with Crippen LogP contribution in [0.4, 0.5) is 13.2 Å². The summed E-state index contributed by atoms with van der Waals surface area (Å²) < 4.78 is 44.0. The van der Waals surface area contributed by atoms with E-state index in [4.69, 9.17) is 4.74 Å². The molecule has 1 N–H and O–H groups in total. The van der Waals surface area contributed by atoms with Gasteiger partial charge in [-0.05, 0) is 65.5 Å². The molecule has 0 saturated carbocycles. The van der Waals surface area contributed by atoms with Crippen LogP contribution in [-0.4, -0.2) is 21.6 Å². The van der Waals surface area contributed by atoms with Gasteiger partial charge in [-0.3, -0.25) is 4.79 Å². The van der Waals surface area contributed by atoms with Crippen LogP contribution < -0.4 is 4.74 Å². The van der Waals surface area contributed by atoms with E-state index in [0.29, 0.717) is 54.4 Å². The minimum Gasteiger partial charge on any atom is -0.512 e. The van der Waals surface area contributed by atoms with E-state index in [9.17, 15) is 23.1 Å². The lowest BCUT2D eigenvalue weighted by atomic mass is 9.81. The molecule has 0 bridgehead atoms. The smallest absolute Gasteiger partial charge is 0.417 e. The summed E-state index contributed by atoms with van der Waals surface area (Å²) in [5.74, 6) is 1.26. The maximum atomic E-state index is 13.1. The fourth-order valence-electron chi connectivity index (χ4n) is 4.38. The molecular weight excluding hydrogens is 499 g/mol. The first-order valence-corrected chi connectivity index (χ1v) is 13.1. The number of hydrogen-bond acceptors (Lipinski definition) is 5. The van der Waals surface area contributed by atoms with E-state index in [1.807, 2.05) is 55.5 Å². The van der Waals surface area contributed by atoms with Gasteiger partial charge in [0.05, 0.1) is 16.2 Å². The van der Waals surface area contributed by atoms with E-state index >= 15 is 0 Å². The number of ether oxygens (including phenoxy) is 1. The molecule has 1 atom stereocenters. The average molecular weight is 528 g/mol. The van der Waals surface area contributed by atoms with Crippen LogP contribution in [0.1, 0.15) is 48.4 Å². The molecule has 1 heterocycles. The number of aliphatic hydroxyl groups is 1. The fourth-order valence-corrected chi connectivity index (χ4v) is 5.34. The van der Waals surface area contributed by atoms with Crippen LogP contribution in [0.2, 0.25) is 0 Å². The summed E-state index contributed by atoms with van der Waals surface area (Å²) in [6.07, 6.45) is -1.55. The molecule has 4 nitrogen and oxygen atoms in total. The quantitative estimate of drug-likeness (QED) is 0.289. The molecule has 0 spiro atoms. The molecule has 0 saturated heterocycles. The topological polar surface area (TPSA) is 59.4 Å². The third-order valence-corrected chi connectivity index (χ3v) is 7.32. The number of aliphatic hydroxyl groups excluding tert-OH is 1. The lowest BCUT2D eigenvalue weighted by Gasteiger charge is -2.24. The zero-order valence-corrected chi connectivity index (χ0v) is 21.2. The Hall–Kier alpha value is -3.26. The van der Waals surface area contributed by atoms with Crippen LogP contribution in [0, 0.1) is 5.92 Å². The van der Waals surface area contributed by atoms with Crippen molar-refractivity contribution in [2.24, 2.45) is 5.92 Å². The Kier molecular flexibility index (Phi) is 8.59. The molecule has 0 amide bonds. The molecule has 37 heavy (non-hydrogen) atoms. The van der Waals surface area contributed by atoms with Gasteiger partial charge in [-0.15, -0.1) is 11.8 Å². The maximum Gasteiger partial charge on any atom is 0.417 e. The Bertz CT molecular complexity index is 1260. The predicted octanol–water partition coefficient (Wildman–Crippen LogP) is 7.67. The second-order valence-electron chi connectivity index (χ2n) is 8.99. The molecule has 0 aliphatic heterocycles. The highest BCUT2D eigenvalue weighted by atomic mass is 32.2. The minimum absolute atomic E-state index is 0.0308. The van der Waals surface area contributed by atoms with Crippen molar-refractivity contribution in [3.8, 4) is 5.75 Å².